The van der Waals surface area contributed by atoms with Crippen LogP contribution >= 0.6 is 0 Å². The number of nitrogens with one attached hydrogen (secondary N) is 1. The molecule has 2 amide bonds. The van der Waals surface area contributed by atoms with E-state index in [9.17, 15) is 22.8 Å². The molecule has 1 fully saturated rings. The molecule has 3 N–H and O–H groups in total. The third kappa shape index (κ3) is 4.17. The minimum absolute atomic E-state index is 0.0810. The molecule has 1 aliphatic rings. The molecule has 0 aromatic heterocycles. The van der Waals surface area contributed by atoms with E-state index in [1.165, 1.54) is 17.0 Å². The lowest BCUT2D eigenvalue weighted by Crippen LogP contribution is -2.66. The van der Waals surface area contributed by atoms with E-state index >= 15 is 0 Å². The number of rotatable bonds is 1. The van der Waals surface area contributed by atoms with E-state index in [-0.39, 0.29) is 11.7 Å². The summed E-state index contributed by atoms with van der Waals surface area (Å²) in [6, 6.07) is 4.08. The van der Waals surface area contributed by atoms with Gasteiger partial charge in [-0.25, -0.2) is 0 Å². The highest BCUT2D eigenvalue weighted by Crippen LogP contribution is 2.38. The highest BCUT2D eigenvalue weighted by molar-refractivity contribution is 6.39. The van der Waals surface area contributed by atoms with Crippen molar-refractivity contribution < 1.29 is 22.8 Å². The fourth-order valence-corrected chi connectivity index (χ4v) is 3.97. The molecule has 0 saturated carbocycles. The molecule has 0 spiro atoms. The molecule has 8 heteroatoms. The number of amides is 2. The van der Waals surface area contributed by atoms with Gasteiger partial charge in [-0.2, -0.15) is 13.2 Å². The lowest BCUT2D eigenvalue weighted by atomic mass is 9.77. The van der Waals surface area contributed by atoms with Crippen molar-refractivity contribution in [2.45, 2.75) is 63.8 Å². The maximum absolute atomic E-state index is 12.8. The standard InChI is InChI=1S/C18H24F3N3O2/c1-16(2)9-12(22)10-17(3,4)24(16)15(26)14(25)23-13-7-5-6-11(8-13)18(19,20)21/h5-8,12H,9-10,22H2,1-4H3,(H,23,25). The second-order valence-electron chi connectivity index (χ2n) is 7.97. The molecule has 1 heterocycles. The van der Waals surface area contributed by atoms with Gasteiger partial charge in [-0.1, -0.05) is 6.07 Å². The average molecular weight is 371 g/mol. The molecule has 2 rings (SSSR count). The van der Waals surface area contributed by atoms with Crippen LogP contribution in [0.4, 0.5) is 18.9 Å². The molecule has 144 valence electrons. The summed E-state index contributed by atoms with van der Waals surface area (Å²) in [5.41, 5.74) is 3.78. The lowest BCUT2D eigenvalue weighted by Gasteiger charge is -2.54. The van der Waals surface area contributed by atoms with Gasteiger partial charge in [-0.05, 0) is 58.7 Å². The van der Waals surface area contributed by atoms with Gasteiger partial charge in [0.15, 0.2) is 0 Å². The van der Waals surface area contributed by atoms with Crippen molar-refractivity contribution in [3.05, 3.63) is 29.8 Å². The number of carbonyl (C=O) groups is 2. The Morgan fingerprint density at radius 2 is 1.69 bits per heavy atom. The number of hydrogen-bond acceptors (Lipinski definition) is 3. The van der Waals surface area contributed by atoms with Crippen LogP contribution in [0.25, 0.3) is 0 Å². The van der Waals surface area contributed by atoms with Gasteiger partial charge >= 0.3 is 18.0 Å². The van der Waals surface area contributed by atoms with E-state index < -0.39 is 34.6 Å². The quantitative estimate of drug-likeness (QED) is 0.745. The number of nitrogens with two attached hydrogens (primary N) is 1. The van der Waals surface area contributed by atoms with Crippen molar-refractivity contribution in [3.63, 3.8) is 0 Å². The molecule has 0 bridgehead atoms. The van der Waals surface area contributed by atoms with Crippen LogP contribution in [0.3, 0.4) is 0 Å². The number of alkyl halides is 3. The molecule has 0 unspecified atom stereocenters. The number of likely N-dealkylation sites (tertiary alicyclic amines) is 1. The molecule has 1 saturated heterocycles. The van der Waals surface area contributed by atoms with Crippen molar-refractivity contribution in [3.8, 4) is 0 Å². The summed E-state index contributed by atoms with van der Waals surface area (Å²) in [4.78, 5) is 26.7. The highest BCUT2D eigenvalue weighted by atomic mass is 19.4. The number of carbonyl (C=O) groups excluding carboxylic acids is 2. The molecule has 5 nitrogen and oxygen atoms in total. The minimum Gasteiger partial charge on any atom is -0.328 e. The second-order valence-corrected chi connectivity index (χ2v) is 7.97. The van der Waals surface area contributed by atoms with Gasteiger partial charge in [0, 0.05) is 22.8 Å². The summed E-state index contributed by atoms with van der Waals surface area (Å²) >= 11 is 0. The first kappa shape index (κ1) is 20.2. The summed E-state index contributed by atoms with van der Waals surface area (Å²) in [5, 5.41) is 2.28. The lowest BCUT2D eigenvalue weighted by molar-refractivity contribution is -0.156. The van der Waals surface area contributed by atoms with Crippen molar-refractivity contribution in [1.29, 1.82) is 0 Å². The Bertz CT molecular complexity index is 696. The summed E-state index contributed by atoms with van der Waals surface area (Å²) in [6.45, 7) is 7.29. The zero-order valence-electron chi connectivity index (χ0n) is 15.3. The zero-order valence-corrected chi connectivity index (χ0v) is 15.3. The molecule has 1 aromatic rings. The topological polar surface area (TPSA) is 75.4 Å². The largest absolute Gasteiger partial charge is 0.416 e. The summed E-state index contributed by atoms with van der Waals surface area (Å²) in [7, 11) is 0. The molecule has 1 aliphatic heterocycles. The Morgan fingerprint density at radius 3 is 2.19 bits per heavy atom. The predicted octanol–water partition coefficient (Wildman–Crippen LogP) is 3.15. The number of hydrogen-bond donors (Lipinski definition) is 2. The van der Waals surface area contributed by atoms with Crippen LogP contribution in [0, 0.1) is 0 Å². The summed E-state index contributed by atoms with van der Waals surface area (Å²) < 4.78 is 38.4. The molecular weight excluding hydrogens is 347 g/mol. The van der Waals surface area contributed by atoms with Crippen LogP contribution in [-0.2, 0) is 15.8 Å². The third-order valence-electron chi connectivity index (χ3n) is 4.58. The SMILES string of the molecule is CC1(C)CC(N)CC(C)(C)N1C(=O)C(=O)Nc1cccc(C(F)(F)F)c1. The third-order valence-corrected chi connectivity index (χ3v) is 4.58. The second kappa shape index (κ2) is 6.57. The predicted molar refractivity (Wildman–Crippen MR) is 92.3 cm³/mol. The minimum atomic E-state index is -4.53. The van der Waals surface area contributed by atoms with Crippen molar-refractivity contribution in [1.82, 2.24) is 4.90 Å². The van der Waals surface area contributed by atoms with Gasteiger partial charge in [0.25, 0.3) is 0 Å². The highest BCUT2D eigenvalue weighted by Gasteiger charge is 2.48. The number of halogens is 3. The maximum Gasteiger partial charge on any atom is 0.416 e. The van der Waals surface area contributed by atoms with Crippen LogP contribution in [0.2, 0.25) is 0 Å². The van der Waals surface area contributed by atoms with E-state index in [1.807, 2.05) is 27.7 Å². The number of piperidine rings is 1. The smallest absolute Gasteiger partial charge is 0.328 e. The van der Waals surface area contributed by atoms with Crippen LogP contribution < -0.4 is 11.1 Å². The number of benzene rings is 1. The van der Waals surface area contributed by atoms with Gasteiger partial charge in [0.05, 0.1) is 5.56 Å². The zero-order chi connectivity index (χ0) is 19.9. The van der Waals surface area contributed by atoms with Gasteiger partial charge < -0.3 is 16.0 Å². The normalized spacial score (nSPS) is 19.9. The Hall–Kier alpha value is -2.09. The van der Waals surface area contributed by atoms with E-state index in [4.69, 9.17) is 5.73 Å². The van der Waals surface area contributed by atoms with Crippen molar-refractivity contribution >= 4 is 17.5 Å². The van der Waals surface area contributed by atoms with Gasteiger partial charge in [-0.15, -0.1) is 0 Å². The van der Waals surface area contributed by atoms with Crippen LogP contribution in [0.1, 0.15) is 46.1 Å². The molecule has 0 aliphatic carbocycles. The van der Waals surface area contributed by atoms with Gasteiger partial charge in [-0.3, -0.25) is 9.59 Å². The molecule has 26 heavy (non-hydrogen) atoms. The average Bonchev–Trinajstić information content (AvgIpc) is 2.43. The Kier molecular flexibility index (Phi) is 5.11. The van der Waals surface area contributed by atoms with E-state index in [1.54, 1.807) is 0 Å². The van der Waals surface area contributed by atoms with Crippen molar-refractivity contribution in [2.75, 3.05) is 5.32 Å². The Labute approximate surface area is 150 Å². The van der Waals surface area contributed by atoms with Crippen LogP contribution in [0.5, 0.6) is 0 Å². The fraction of sp³-hybridized carbons (Fsp3) is 0.556. The molecule has 0 radical (unpaired) electrons. The van der Waals surface area contributed by atoms with Crippen LogP contribution in [-0.4, -0.2) is 33.8 Å². The Morgan fingerprint density at radius 1 is 1.15 bits per heavy atom. The van der Waals surface area contributed by atoms with Gasteiger partial charge in [0.2, 0.25) is 0 Å². The number of nitrogens with zero attached hydrogens (tertiary/aromatic N) is 1. The first-order valence-corrected chi connectivity index (χ1v) is 8.32. The van der Waals surface area contributed by atoms with Crippen LogP contribution in [0.15, 0.2) is 24.3 Å². The summed E-state index contributed by atoms with van der Waals surface area (Å²) in [5.74, 6) is -1.76. The van der Waals surface area contributed by atoms with E-state index in [0.717, 1.165) is 12.1 Å². The molecule has 0 atom stereocenters. The number of anilines is 1. The van der Waals surface area contributed by atoms with E-state index in [2.05, 4.69) is 5.32 Å². The summed E-state index contributed by atoms with van der Waals surface area (Å²) in [6.07, 6.45) is -3.48. The maximum atomic E-state index is 12.8. The monoisotopic (exact) mass is 371 g/mol. The molecule has 1 aromatic carbocycles. The Balaban J connectivity index is 2.23. The first-order valence-electron chi connectivity index (χ1n) is 8.32. The van der Waals surface area contributed by atoms with E-state index in [0.29, 0.717) is 12.8 Å². The molecular formula is C18H24F3N3O2. The first-order chi connectivity index (χ1) is 11.7. The van der Waals surface area contributed by atoms with Gasteiger partial charge in [0.1, 0.15) is 0 Å². The fourth-order valence-electron chi connectivity index (χ4n) is 3.97. The van der Waals surface area contributed by atoms with Crippen molar-refractivity contribution in [2.24, 2.45) is 5.73 Å².